The molecule has 0 saturated heterocycles. The fourth-order valence-corrected chi connectivity index (χ4v) is 4.09. The molecule has 5 rings (SSSR count). The average Bonchev–Trinajstić information content (AvgIpc) is 3.48. The maximum Gasteiger partial charge on any atom is 0.195 e. The number of methoxy groups -OCH3 is 1. The van der Waals surface area contributed by atoms with Crippen LogP contribution in [0.4, 0.5) is 11.5 Å². The highest BCUT2D eigenvalue weighted by molar-refractivity contribution is 6.29. The Labute approximate surface area is 210 Å². The van der Waals surface area contributed by atoms with Gasteiger partial charge in [-0.2, -0.15) is 10.4 Å². The van der Waals surface area contributed by atoms with E-state index in [1.165, 1.54) is 7.11 Å². The monoisotopic (exact) mass is 501 g/mol. The van der Waals surface area contributed by atoms with Crippen LogP contribution in [-0.2, 0) is 6.42 Å². The molecule has 0 aliphatic carbocycles. The molecule has 3 N–H and O–H groups in total. The molecule has 0 amide bonds. The van der Waals surface area contributed by atoms with Crippen LogP contribution in [0.1, 0.15) is 17.0 Å². The third-order valence-corrected chi connectivity index (χ3v) is 5.83. The minimum Gasteiger partial charge on any atom is -0.493 e. The molecule has 0 fully saturated rings. The van der Waals surface area contributed by atoms with E-state index >= 15 is 0 Å². The first-order chi connectivity index (χ1) is 17.5. The molecular weight excluding hydrogens is 482 g/mol. The number of rotatable bonds is 7. The lowest BCUT2D eigenvalue weighted by Crippen LogP contribution is -2.03. The van der Waals surface area contributed by atoms with E-state index in [2.05, 4.69) is 36.8 Å². The van der Waals surface area contributed by atoms with Gasteiger partial charge >= 0.3 is 0 Å². The zero-order valence-electron chi connectivity index (χ0n) is 19.3. The standard InChI is InChI=1S/C24H20ClN9O2/c1-13-22(17(11-26)31-30-13)23-14(7-8-35)3-6-21(29-23)34-12-27-16-9-15(4-5-18(16)34)28-24-19(36-2)10-20(25)32-33-24/h3-6,9-10,12,35H,7-8H2,1-2H3,(H,28,33)(H,30,31). The second kappa shape index (κ2) is 9.61. The van der Waals surface area contributed by atoms with Crippen LogP contribution >= 0.6 is 11.6 Å². The Hall–Kier alpha value is -4.53. The SMILES string of the molecule is COc1cc(Cl)nnc1Nc1ccc2c(c1)ncn2-c1ccc(CCO)c(-c2c(C#N)n[nH]c2C)n1. The van der Waals surface area contributed by atoms with Crippen molar-refractivity contribution >= 4 is 34.1 Å². The minimum atomic E-state index is -0.0423. The maximum atomic E-state index is 9.55. The van der Waals surface area contributed by atoms with Gasteiger partial charge < -0.3 is 15.2 Å². The summed E-state index contributed by atoms with van der Waals surface area (Å²) >= 11 is 5.90. The molecule has 4 aromatic heterocycles. The number of hydrogen-bond acceptors (Lipinski definition) is 9. The van der Waals surface area contributed by atoms with Crippen molar-refractivity contribution < 1.29 is 9.84 Å². The summed E-state index contributed by atoms with van der Waals surface area (Å²) in [5.74, 6) is 1.51. The van der Waals surface area contributed by atoms with E-state index in [-0.39, 0.29) is 17.5 Å². The number of aromatic nitrogens is 7. The molecule has 0 bridgehead atoms. The molecule has 11 nitrogen and oxygen atoms in total. The van der Waals surface area contributed by atoms with E-state index in [1.54, 1.807) is 12.4 Å². The number of hydrogen-bond donors (Lipinski definition) is 3. The number of nitriles is 1. The van der Waals surface area contributed by atoms with Crippen molar-refractivity contribution in [2.45, 2.75) is 13.3 Å². The summed E-state index contributed by atoms with van der Waals surface area (Å²) in [7, 11) is 1.53. The molecular formula is C24H20ClN9O2. The Morgan fingerprint density at radius 2 is 2.08 bits per heavy atom. The zero-order valence-corrected chi connectivity index (χ0v) is 20.1. The fourth-order valence-electron chi connectivity index (χ4n) is 3.95. The van der Waals surface area contributed by atoms with Gasteiger partial charge in [0.15, 0.2) is 22.4 Å². The van der Waals surface area contributed by atoms with Gasteiger partial charge in [0, 0.05) is 24.1 Å². The number of halogens is 1. The number of ether oxygens (including phenoxy) is 1. The van der Waals surface area contributed by atoms with Gasteiger partial charge in [-0.05, 0) is 43.2 Å². The Morgan fingerprint density at radius 1 is 1.22 bits per heavy atom. The summed E-state index contributed by atoms with van der Waals surface area (Å²) in [6.07, 6.45) is 2.08. The number of benzene rings is 1. The van der Waals surface area contributed by atoms with E-state index in [4.69, 9.17) is 21.3 Å². The number of aryl methyl sites for hydroxylation is 1. The average molecular weight is 502 g/mol. The molecule has 4 heterocycles. The molecule has 180 valence electrons. The summed E-state index contributed by atoms with van der Waals surface area (Å²) in [5.41, 5.74) is 5.30. The number of H-pyrrole nitrogens is 1. The van der Waals surface area contributed by atoms with Crippen LogP contribution < -0.4 is 10.1 Å². The van der Waals surface area contributed by atoms with Crippen molar-refractivity contribution in [2.24, 2.45) is 0 Å². The van der Waals surface area contributed by atoms with E-state index in [9.17, 15) is 10.4 Å². The van der Waals surface area contributed by atoms with Gasteiger partial charge in [-0.3, -0.25) is 9.67 Å². The fraction of sp³-hybridized carbons (Fsp3) is 0.167. The second-order valence-electron chi connectivity index (χ2n) is 7.86. The third-order valence-electron chi connectivity index (χ3n) is 5.64. The van der Waals surface area contributed by atoms with Gasteiger partial charge in [0.1, 0.15) is 18.2 Å². The number of aliphatic hydroxyl groups is 1. The highest BCUT2D eigenvalue weighted by atomic mass is 35.5. The van der Waals surface area contributed by atoms with Crippen molar-refractivity contribution in [2.75, 3.05) is 19.0 Å². The minimum absolute atomic E-state index is 0.0423. The topological polar surface area (TPSA) is 150 Å². The number of nitrogens with one attached hydrogen (secondary N) is 2. The first kappa shape index (κ1) is 23.2. The largest absolute Gasteiger partial charge is 0.493 e. The number of anilines is 2. The number of pyridine rings is 1. The summed E-state index contributed by atoms with van der Waals surface area (Å²) in [6.45, 7) is 1.79. The highest BCUT2D eigenvalue weighted by Crippen LogP contribution is 2.31. The van der Waals surface area contributed by atoms with Crippen LogP contribution in [0, 0.1) is 18.3 Å². The number of nitrogens with zero attached hydrogens (tertiary/aromatic N) is 7. The van der Waals surface area contributed by atoms with E-state index in [1.807, 2.05) is 41.8 Å². The predicted octanol–water partition coefficient (Wildman–Crippen LogP) is 3.72. The Kier molecular flexibility index (Phi) is 6.20. The van der Waals surface area contributed by atoms with Crippen LogP contribution in [0.25, 0.3) is 28.1 Å². The Morgan fingerprint density at radius 3 is 2.86 bits per heavy atom. The quantitative estimate of drug-likeness (QED) is 0.303. The second-order valence-corrected chi connectivity index (χ2v) is 8.25. The molecule has 12 heteroatoms. The van der Waals surface area contributed by atoms with E-state index in [0.717, 1.165) is 28.0 Å². The van der Waals surface area contributed by atoms with Gasteiger partial charge in [0.2, 0.25) is 0 Å². The molecule has 0 saturated carbocycles. The van der Waals surface area contributed by atoms with Gasteiger partial charge in [0.25, 0.3) is 0 Å². The summed E-state index contributed by atoms with van der Waals surface area (Å²) in [5, 5.41) is 37.3. The van der Waals surface area contributed by atoms with Crippen LogP contribution in [0.5, 0.6) is 5.75 Å². The van der Waals surface area contributed by atoms with Crippen molar-refractivity contribution in [1.82, 2.24) is 34.9 Å². The van der Waals surface area contributed by atoms with Crippen molar-refractivity contribution in [3.63, 3.8) is 0 Å². The molecule has 36 heavy (non-hydrogen) atoms. The van der Waals surface area contributed by atoms with Crippen molar-refractivity contribution in [3.8, 4) is 28.9 Å². The van der Waals surface area contributed by atoms with Gasteiger partial charge in [-0.1, -0.05) is 17.7 Å². The lowest BCUT2D eigenvalue weighted by atomic mass is 10.0. The lowest BCUT2D eigenvalue weighted by molar-refractivity contribution is 0.299. The maximum absolute atomic E-state index is 9.55. The van der Waals surface area contributed by atoms with Gasteiger partial charge in [0.05, 0.1) is 29.4 Å². The zero-order chi connectivity index (χ0) is 25.2. The van der Waals surface area contributed by atoms with Crippen LogP contribution in [0.3, 0.4) is 0 Å². The van der Waals surface area contributed by atoms with Crippen LogP contribution in [0.15, 0.2) is 42.7 Å². The highest BCUT2D eigenvalue weighted by Gasteiger charge is 2.19. The molecule has 0 atom stereocenters. The summed E-state index contributed by atoms with van der Waals surface area (Å²) < 4.78 is 7.18. The summed E-state index contributed by atoms with van der Waals surface area (Å²) in [6, 6.07) is 13.1. The first-order valence-electron chi connectivity index (χ1n) is 10.9. The van der Waals surface area contributed by atoms with Crippen molar-refractivity contribution in [3.05, 3.63) is 64.8 Å². The van der Waals surface area contributed by atoms with E-state index in [0.29, 0.717) is 35.1 Å². The number of fused-ring (bicyclic) bond motifs is 1. The third kappa shape index (κ3) is 4.19. The Balaban J connectivity index is 1.54. The normalized spacial score (nSPS) is 11.0. The van der Waals surface area contributed by atoms with Gasteiger partial charge in [-0.15, -0.1) is 10.2 Å². The molecule has 0 radical (unpaired) electrons. The first-order valence-corrected chi connectivity index (χ1v) is 11.3. The van der Waals surface area contributed by atoms with Crippen LogP contribution in [-0.4, -0.2) is 53.8 Å². The number of imidazole rings is 1. The predicted molar refractivity (Wildman–Crippen MR) is 134 cm³/mol. The number of aliphatic hydroxyl groups excluding tert-OH is 1. The molecule has 0 aliphatic heterocycles. The Bertz CT molecular complexity index is 1620. The van der Waals surface area contributed by atoms with Crippen molar-refractivity contribution in [1.29, 1.82) is 5.26 Å². The smallest absolute Gasteiger partial charge is 0.195 e. The molecule has 5 aromatic rings. The molecule has 1 aromatic carbocycles. The van der Waals surface area contributed by atoms with Gasteiger partial charge in [-0.25, -0.2) is 9.97 Å². The van der Waals surface area contributed by atoms with E-state index < -0.39 is 0 Å². The van der Waals surface area contributed by atoms with Crippen LogP contribution in [0.2, 0.25) is 5.15 Å². The number of aromatic amines is 1. The molecule has 0 aliphatic rings. The lowest BCUT2D eigenvalue weighted by Gasteiger charge is -2.12. The molecule has 0 spiro atoms. The summed E-state index contributed by atoms with van der Waals surface area (Å²) in [4.78, 5) is 9.39. The molecule has 0 unspecified atom stereocenters.